The minimum Gasteiger partial charge on any atom is -0.426 e. The van der Waals surface area contributed by atoms with Gasteiger partial charge in [-0.05, 0) is 6.42 Å². The number of carbonyl (C=O) groups excluding carboxylic acids is 1. The highest BCUT2D eigenvalue weighted by Gasteiger charge is 2.33. The topological polar surface area (TPSA) is 35.5 Å². The number of hydrogen-bond acceptors (Lipinski definition) is 3. The minimum atomic E-state index is -0.665. The van der Waals surface area contributed by atoms with Gasteiger partial charge in [-0.15, -0.1) is 0 Å². The lowest BCUT2D eigenvalue weighted by molar-refractivity contribution is 0.117. The Morgan fingerprint density at radius 1 is 1.67 bits per heavy atom. The predicted molar refractivity (Wildman–Crippen MR) is 31.3 cm³/mol. The van der Waals surface area contributed by atoms with Crippen LogP contribution in [-0.2, 0) is 9.47 Å². The van der Waals surface area contributed by atoms with Gasteiger partial charge in [0, 0.05) is 0 Å². The standard InChI is InChI=1S/C5H7ClO3/c1-2-3-4(6)9-5(7)8-3/h3-4H,2H2,1H3. The van der Waals surface area contributed by atoms with Crippen molar-refractivity contribution in [3.05, 3.63) is 0 Å². The number of halogens is 1. The number of hydrogen-bond donors (Lipinski definition) is 0. The highest BCUT2D eigenvalue weighted by molar-refractivity contribution is 6.21. The summed E-state index contributed by atoms with van der Waals surface area (Å²) >= 11 is 5.51. The molecule has 0 spiro atoms. The lowest BCUT2D eigenvalue weighted by atomic mass is 10.3. The summed E-state index contributed by atoms with van der Waals surface area (Å²) in [5.74, 6) is 0. The van der Waals surface area contributed by atoms with Gasteiger partial charge in [-0.25, -0.2) is 4.79 Å². The van der Waals surface area contributed by atoms with Crippen molar-refractivity contribution in [2.75, 3.05) is 0 Å². The summed E-state index contributed by atoms with van der Waals surface area (Å²) in [5, 5.41) is 0. The van der Waals surface area contributed by atoms with Crippen LogP contribution in [0.5, 0.6) is 0 Å². The zero-order valence-corrected chi connectivity index (χ0v) is 5.72. The zero-order chi connectivity index (χ0) is 6.85. The van der Waals surface area contributed by atoms with Crippen LogP contribution in [0.4, 0.5) is 4.79 Å². The highest BCUT2D eigenvalue weighted by Crippen LogP contribution is 2.20. The summed E-state index contributed by atoms with van der Waals surface area (Å²) < 4.78 is 9.10. The molecule has 1 rings (SSSR count). The molecule has 2 unspecified atom stereocenters. The first kappa shape index (κ1) is 6.68. The molecule has 0 aromatic heterocycles. The van der Waals surface area contributed by atoms with Crippen LogP contribution in [0.25, 0.3) is 0 Å². The molecule has 1 saturated heterocycles. The Balaban J connectivity index is 2.47. The van der Waals surface area contributed by atoms with Gasteiger partial charge in [-0.1, -0.05) is 18.5 Å². The first-order valence-corrected chi connectivity index (χ1v) is 3.19. The van der Waals surface area contributed by atoms with E-state index >= 15 is 0 Å². The van der Waals surface area contributed by atoms with E-state index in [0.29, 0.717) is 6.42 Å². The molecule has 1 fully saturated rings. The van der Waals surface area contributed by atoms with Crippen molar-refractivity contribution in [2.24, 2.45) is 0 Å². The van der Waals surface area contributed by atoms with E-state index in [0.717, 1.165) is 0 Å². The van der Waals surface area contributed by atoms with Gasteiger partial charge in [0.25, 0.3) is 0 Å². The Labute approximate surface area is 57.9 Å². The van der Waals surface area contributed by atoms with E-state index in [9.17, 15) is 4.79 Å². The van der Waals surface area contributed by atoms with Crippen LogP contribution in [0.2, 0.25) is 0 Å². The second-order valence-electron chi connectivity index (χ2n) is 1.78. The van der Waals surface area contributed by atoms with Crippen LogP contribution in [-0.4, -0.2) is 17.8 Å². The van der Waals surface area contributed by atoms with Crippen LogP contribution in [0.3, 0.4) is 0 Å². The van der Waals surface area contributed by atoms with Crippen molar-refractivity contribution < 1.29 is 14.3 Å². The largest absolute Gasteiger partial charge is 0.510 e. The van der Waals surface area contributed by atoms with E-state index < -0.39 is 11.7 Å². The fraction of sp³-hybridized carbons (Fsp3) is 0.800. The van der Waals surface area contributed by atoms with Crippen LogP contribution in [0.1, 0.15) is 13.3 Å². The lowest BCUT2D eigenvalue weighted by Gasteiger charge is -2.03. The van der Waals surface area contributed by atoms with Gasteiger partial charge < -0.3 is 9.47 Å². The maximum absolute atomic E-state index is 10.3. The van der Waals surface area contributed by atoms with Crippen molar-refractivity contribution in [3.63, 3.8) is 0 Å². The van der Waals surface area contributed by atoms with Gasteiger partial charge in [0.1, 0.15) is 0 Å². The van der Waals surface area contributed by atoms with Gasteiger partial charge in [0.15, 0.2) is 6.10 Å². The fourth-order valence-corrected chi connectivity index (χ4v) is 0.944. The molecular formula is C5H7ClO3. The molecule has 0 N–H and O–H groups in total. The Bertz CT molecular complexity index is 125. The van der Waals surface area contributed by atoms with E-state index in [1.54, 1.807) is 0 Å². The fourth-order valence-electron chi connectivity index (χ4n) is 0.641. The third-order valence-corrected chi connectivity index (χ3v) is 1.52. The Kier molecular flexibility index (Phi) is 1.81. The average Bonchev–Trinajstić information content (AvgIpc) is 2.10. The first-order chi connectivity index (χ1) is 4.24. The maximum Gasteiger partial charge on any atom is 0.510 e. The molecule has 0 saturated carbocycles. The van der Waals surface area contributed by atoms with Crippen LogP contribution >= 0.6 is 11.6 Å². The maximum atomic E-state index is 10.3. The van der Waals surface area contributed by atoms with Crippen molar-refractivity contribution in [1.29, 1.82) is 0 Å². The predicted octanol–water partition coefficient (Wildman–Crippen LogP) is 1.50. The van der Waals surface area contributed by atoms with Gasteiger partial charge in [0.05, 0.1) is 0 Å². The molecule has 3 nitrogen and oxygen atoms in total. The number of ether oxygens (including phenoxy) is 2. The van der Waals surface area contributed by atoms with Crippen LogP contribution in [0, 0.1) is 0 Å². The molecule has 4 heteroatoms. The lowest BCUT2D eigenvalue weighted by Crippen LogP contribution is -2.14. The van der Waals surface area contributed by atoms with E-state index in [2.05, 4.69) is 9.47 Å². The van der Waals surface area contributed by atoms with Gasteiger partial charge >= 0.3 is 6.16 Å². The molecule has 0 aliphatic carbocycles. The summed E-state index contributed by atoms with van der Waals surface area (Å²) in [6.45, 7) is 1.88. The highest BCUT2D eigenvalue weighted by atomic mass is 35.5. The van der Waals surface area contributed by atoms with Crippen LogP contribution in [0.15, 0.2) is 0 Å². The summed E-state index contributed by atoms with van der Waals surface area (Å²) in [7, 11) is 0. The first-order valence-electron chi connectivity index (χ1n) is 2.75. The van der Waals surface area contributed by atoms with Crippen molar-refractivity contribution in [2.45, 2.75) is 25.0 Å². The molecule has 0 amide bonds. The molecule has 9 heavy (non-hydrogen) atoms. The van der Waals surface area contributed by atoms with Crippen LogP contribution < -0.4 is 0 Å². The quantitative estimate of drug-likeness (QED) is 0.420. The van der Waals surface area contributed by atoms with Gasteiger partial charge in [-0.3, -0.25) is 0 Å². The second-order valence-corrected chi connectivity index (χ2v) is 2.21. The smallest absolute Gasteiger partial charge is 0.426 e. The number of alkyl halides is 1. The summed E-state index contributed by atoms with van der Waals surface area (Å²) in [6, 6.07) is 0. The number of carbonyl (C=O) groups is 1. The van der Waals surface area contributed by atoms with E-state index in [-0.39, 0.29) is 6.10 Å². The number of cyclic esters (lactones) is 2. The van der Waals surface area contributed by atoms with E-state index in [1.165, 1.54) is 0 Å². The normalized spacial score (nSPS) is 33.8. The van der Waals surface area contributed by atoms with Crippen molar-refractivity contribution in [3.8, 4) is 0 Å². The average molecular weight is 151 g/mol. The Morgan fingerprint density at radius 3 is 2.56 bits per heavy atom. The molecule has 1 heterocycles. The Hall–Kier alpha value is -0.440. The SMILES string of the molecule is CCC1OC(=O)OC1Cl. The molecule has 1 aliphatic rings. The molecule has 0 radical (unpaired) electrons. The number of rotatable bonds is 1. The van der Waals surface area contributed by atoms with Crippen molar-refractivity contribution >= 4 is 17.8 Å². The summed E-state index contributed by atoms with van der Waals surface area (Å²) in [4.78, 5) is 10.3. The second kappa shape index (κ2) is 2.43. The summed E-state index contributed by atoms with van der Waals surface area (Å²) in [6.07, 6.45) is -0.235. The third kappa shape index (κ3) is 1.27. The van der Waals surface area contributed by atoms with Gasteiger partial charge in [0.2, 0.25) is 5.56 Å². The monoisotopic (exact) mass is 150 g/mol. The molecule has 0 bridgehead atoms. The van der Waals surface area contributed by atoms with Crippen molar-refractivity contribution in [1.82, 2.24) is 0 Å². The Morgan fingerprint density at radius 2 is 2.33 bits per heavy atom. The molecule has 2 atom stereocenters. The molecule has 0 aromatic rings. The summed E-state index contributed by atoms with van der Waals surface area (Å²) in [5.41, 5.74) is -0.595. The van der Waals surface area contributed by atoms with Gasteiger partial charge in [-0.2, -0.15) is 0 Å². The molecule has 0 aromatic carbocycles. The zero-order valence-electron chi connectivity index (χ0n) is 4.96. The van der Waals surface area contributed by atoms with E-state index in [4.69, 9.17) is 11.6 Å². The minimum absolute atomic E-state index is 0.265. The van der Waals surface area contributed by atoms with E-state index in [1.807, 2.05) is 6.92 Å². The molecule has 52 valence electrons. The molecular weight excluding hydrogens is 144 g/mol. The third-order valence-electron chi connectivity index (χ3n) is 1.15. The molecule has 1 aliphatic heterocycles.